The molecule has 0 atom stereocenters. The molecule has 0 aliphatic rings. The fraction of sp³-hybridized carbons (Fsp3) is 0. The second-order valence-corrected chi connectivity index (χ2v) is 4.38. The number of pyridine rings is 1. The maximum atomic E-state index is 5.97. The summed E-state index contributed by atoms with van der Waals surface area (Å²) in [6.07, 6.45) is 3.65. The predicted molar refractivity (Wildman–Crippen MR) is 72.2 cm³/mol. The Morgan fingerprint density at radius 3 is 2.47 bits per heavy atom. The van der Waals surface area contributed by atoms with Gasteiger partial charge in [-0.05, 0) is 40.6 Å². The molecule has 0 spiro atoms. The molecule has 0 bridgehead atoms. The Balaban J connectivity index is 2.17. The minimum atomic E-state index is 0.770. The predicted octanol–water partition coefficient (Wildman–Crippen LogP) is 4.56. The molecule has 0 unspecified atom stereocenters. The molecule has 0 saturated heterocycles. The lowest BCUT2D eigenvalue weighted by Crippen LogP contribution is -1.80. The van der Waals surface area contributed by atoms with E-state index in [-0.39, 0.29) is 0 Å². The fourth-order valence-electron chi connectivity index (χ4n) is 1.93. The Hall–Kier alpha value is -1.86. The molecule has 1 nitrogen and oxygen atoms in total. The van der Waals surface area contributed by atoms with Crippen molar-refractivity contribution in [2.75, 3.05) is 0 Å². The van der Waals surface area contributed by atoms with Gasteiger partial charge in [0, 0.05) is 23.0 Å². The maximum absolute atomic E-state index is 5.97. The van der Waals surface area contributed by atoms with Gasteiger partial charge in [-0.1, -0.05) is 35.9 Å². The summed E-state index contributed by atoms with van der Waals surface area (Å²) in [6, 6.07) is 16.3. The highest BCUT2D eigenvalue weighted by Crippen LogP contribution is 2.25. The van der Waals surface area contributed by atoms with E-state index in [2.05, 4.69) is 29.2 Å². The van der Waals surface area contributed by atoms with Crippen LogP contribution in [0.2, 0.25) is 5.02 Å². The summed E-state index contributed by atoms with van der Waals surface area (Å²) in [6.45, 7) is 0. The third kappa shape index (κ3) is 2.02. The summed E-state index contributed by atoms with van der Waals surface area (Å²) >= 11 is 5.97. The van der Waals surface area contributed by atoms with Crippen molar-refractivity contribution in [3.63, 3.8) is 0 Å². The summed E-state index contributed by atoms with van der Waals surface area (Å²) in [5.74, 6) is 0. The standard InChI is InChI=1S/C15H10ClN/c16-15-6-5-11-8-12(3-4-13(11)9-15)14-2-1-7-17-10-14/h1-10H. The molecule has 0 fully saturated rings. The summed E-state index contributed by atoms with van der Waals surface area (Å²) in [5, 5.41) is 3.12. The molecule has 0 saturated carbocycles. The Labute approximate surface area is 105 Å². The first-order valence-corrected chi connectivity index (χ1v) is 5.80. The zero-order valence-corrected chi connectivity index (χ0v) is 9.85. The van der Waals surface area contributed by atoms with Crippen molar-refractivity contribution >= 4 is 22.4 Å². The molecule has 17 heavy (non-hydrogen) atoms. The van der Waals surface area contributed by atoms with E-state index in [9.17, 15) is 0 Å². The van der Waals surface area contributed by atoms with Crippen molar-refractivity contribution in [1.82, 2.24) is 4.98 Å². The quantitative estimate of drug-likeness (QED) is 0.607. The zero-order valence-electron chi connectivity index (χ0n) is 9.10. The lowest BCUT2D eigenvalue weighted by molar-refractivity contribution is 1.33. The molecule has 0 N–H and O–H groups in total. The normalized spacial score (nSPS) is 10.6. The zero-order chi connectivity index (χ0) is 11.7. The van der Waals surface area contributed by atoms with Crippen LogP contribution in [0, 0.1) is 0 Å². The van der Waals surface area contributed by atoms with Crippen LogP contribution in [0.3, 0.4) is 0 Å². The molecule has 2 aromatic carbocycles. The summed E-state index contributed by atoms with van der Waals surface area (Å²) < 4.78 is 0. The highest BCUT2D eigenvalue weighted by atomic mass is 35.5. The number of rotatable bonds is 1. The van der Waals surface area contributed by atoms with Gasteiger partial charge in [-0.15, -0.1) is 0 Å². The molecule has 0 radical (unpaired) electrons. The van der Waals surface area contributed by atoms with Crippen LogP contribution in [-0.4, -0.2) is 4.98 Å². The van der Waals surface area contributed by atoms with Gasteiger partial charge >= 0.3 is 0 Å². The molecule has 3 aromatic rings. The van der Waals surface area contributed by atoms with Gasteiger partial charge in [-0.2, -0.15) is 0 Å². The number of benzene rings is 2. The van der Waals surface area contributed by atoms with Crippen LogP contribution in [0.5, 0.6) is 0 Å². The van der Waals surface area contributed by atoms with Crippen LogP contribution >= 0.6 is 11.6 Å². The number of hydrogen-bond acceptors (Lipinski definition) is 1. The first kappa shape index (κ1) is 10.3. The van der Waals surface area contributed by atoms with E-state index < -0.39 is 0 Å². The molecule has 2 heteroatoms. The van der Waals surface area contributed by atoms with Crippen LogP contribution in [0.4, 0.5) is 0 Å². The number of halogens is 1. The molecule has 1 heterocycles. The van der Waals surface area contributed by atoms with E-state index in [0.29, 0.717) is 0 Å². The van der Waals surface area contributed by atoms with Gasteiger partial charge in [0.1, 0.15) is 0 Å². The van der Waals surface area contributed by atoms with Gasteiger partial charge in [-0.25, -0.2) is 0 Å². The van der Waals surface area contributed by atoms with Gasteiger partial charge < -0.3 is 0 Å². The summed E-state index contributed by atoms with van der Waals surface area (Å²) in [5.41, 5.74) is 2.30. The van der Waals surface area contributed by atoms with Crippen LogP contribution in [0.1, 0.15) is 0 Å². The molecule has 0 amide bonds. The first-order valence-electron chi connectivity index (χ1n) is 5.43. The highest BCUT2D eigenvalue weighted by molar-refractivity contribution is 6.31. The van der Waals surface area contributed by atoms with Gasteiger partial charge in [0.05, 0.1) is 0 Å². The SMILES string of the molecule is Clc1ccc2cc(-c3cccnc3)ccc2c1. The molecule has 1 aromatic heterocycles. The van der Waals surface area contributed by atoms with Gasteiger partial charge in [0.25, 0.3) is 0 Å². The molecule has 3 rings (SSSR count). The smallest absolute Gasteiger partial charge is 0.0412 e. The van der Waals surface area contributed by atoms with E-state index in [1.54, 1.807) is 6.20 Å². The molecule has 0 aliphatic carbocycles. The molecular weight excluding hydrogens is 230 g/mol. The highest BCUT2D eigenvalue weighted by Gasteiger charge is 2.00. The molecular formula is C15H10ClN. The van der Waals surface area contributed by atoms with E-state index in [4.69, 9.17) is 11.6 Å². The number of hydrogen-bond donors (Lipinski definition) is 0. The maximum Gasteiger partial charge on any atom is 0.0412 e. The second-order valence-electron chi connectivity index (χ2n) is 3.95. The second kappa shape index (κ2) is 4.19. The minimum Gasteiger partial charge on any atom is -0.264 e. The Morgan fingerprint density at radius 2 is 1.65 bits per heavy atom. The van der Waals surface area contributed by atoms with Gasteiger partial charge in [0.15, 0.2) is 0 Å². The van der Waals surface area contributed by atoms with Crippen LogP contribution in [0.25, 0.3) is 21.9 Å². The van der Waals surface area contributed by atoms with Crippen molar-refractivity contribution in [3.8, 4) is 11.1 Å². The topological polar surface area (TPSA) is 12.9 Å². The van der Waals surface area contributed by atoms with E-state index >= 15 is 0 Å². The van der Waals surface area contributed by atoms with E-state index in [0.717, 1.165) is 16.0 Å². The van der Waals surface area contributed by atoms with Gasteiger partial charge in [0.2, 0.25) is 0 Å². The lowest BCUT2D eigenvalue weighted by Gasteiger charge is -2.04. The third-order valence-corrected chi connectivity index (χ3v) is 3.03. The van der Waals surface area contributed by atoms with E-state index in [1.807, 2.05) is 30.5 Å². The Bertz CT molecular complexity index is 662. The molecule has 0 aliphatic heterocycles. The van der Waals surface area contributed by atoms with Crippen molar-refractivity contribution < 1.29 is 0 Å². The summed E-state index contributed by atoms with van der Waals surface area (Å²) in [4.78, 5) is 4.13. The fourth-order valence-corrected chi connectivity index (χ4v) is 2.11. The number of aromatic nitrogens is 1. The third-order valence-electron chi connectivity index (χ3n) is 2.80. The lowest BCUT2D eigenvalue weighted by atomic mass is 10.0. The average Bonchev–Trinajstić information content (AvgIpc) is 2.39. The average molecular weight is 240 g/mol. The Morgan fingerprint density at radius 1 is 0.824 bits per heavy atom. The number of fused-ring (bicyclic) bond motifs is 1. The van der Waals surface area contributed by atoms with Crippen molar-refractivity contribution in [3.05, 3.63) is 65.9 Å². The minimum absolute atomic E-state index is 0.770. The van der Waals surface area contributed by atoms with Crippen LogP contribution in [-0.2, 0) is 0 Å². The van der Waals surface area contributed by atoms with Crippen LogP contribution < -0.4 is 0 Å². The molecule has 82 valence electrons. The van der Waals surface area contributed by atoms with Crippen molar-refractivity contribution in [2.24, 2.45) is 0 Å². The van der Waals surface area contributed by atoms with Gasteiger partial charge in [-0.3, -0.25) is 4.98 Å². The van der Waals surface area contributed by atoms with Crippen molar-refractivity contribution in [2.45, 2.75) is 0 Å². The number of nitrogens with zero attached hydrogens (tertiary/aromatic N) is 1. The van der Waals surface area contributed by atoms with Crippen molar-refractivity contribution in [1.29, 1.82) is 0 Å². The monoisotopic (exact) mass is 239 g/mol. The first-order chi connectivity index (χ1) is 8.33. The Kier molecular flexibility index (Phi) is 2.54. The largest absolute Gasteiger partial charge is 0.264 e. The van der Waals surface area contributed by atoms with E-state index in [1.165, 1.54) is 10.9 Å². The van der Waals surface area contributed by atoms with Crippen LogP contribution in [0.15, 0.2) is 60.9 Å². The summed E-state index contributed by atoms with van der Waals surface area (Å²) in [7, 11) is 0.